The lowest BCUT2D eigenvalue weighted by atomic mass is 10.1. The Hall–Kier alpha value is -2.56. The van der Waals surface area contributed by atoms with Crippen molar-refractivity contribution in [2.24, 2.45) is 0 Å². The smallest absolute Gasteiger partial charge is 0.0897 e. The average molecular weight is 485 g/mol. The first-order chi connectivity index (χ1) is 16.6. The van der Waals surface area contributed by atoms with Gasteiger partial charge in [0.15, 0.2) is 0 Å². The summed E-state index contributed by atoms with van der Waals surface area (Å²) < 4.78 is 0. The molecule has 0 bridgehead atoms. The number of hydrogen-bond acceptors (Lipinski definition) is 4. The van der Waals surface area contributed by atoms with Crippen LogP contribution in [0, 0.1) is 0 Å². The molecule has 0 saturated carbocycles. The molecule has 0 aliphatic rings. The molecule has 0 fully saturated rings. The van der Waals surface area contributed by atoms with Crippen LogP contribution in [0.25, 0.3) is 11.4 Å². The van der Waals surface area contributed by atoms with E-state index in [4.69, 9.17) is 0 Å². The van der Waals surface area contributed by atoms with E-state index in [1.165, 1.54) is 41.8 Å². The van der Waals surface area contributed by atoms with Gasteiger partial charge in [-0.25, -0.2) is 0 Å². The summed E-state index contributed by atoms with van der Waals surface area (Å²) in [5.74, 6) is 0. The van der Waals surface area contributed by atoms with Crippen molar-refractivity contribution in [2.45, 2.75) is 73.0 Å². The number of aryl methyl sites for hydroxylation is 4. The maximum absolute atomic E-state index is 4.64. The molecule has 4 aromatic rings. The van der Waals surface area contributed by atoms with Gasteiger partial charge in [0.2, 0.25) is 0 Å². The zero-order valence-electron chi connectivity index (χ0n) is 20.5. The van der Waals surface area contributed by atoms with E-state index in [-0.39, 0.29) is 0 Å². The second-order valence-corrected chi connectivity index (χ2v) is 10.5. The summed E-state index contributed by atoms with van der Waals surface area (Å²) in [4.78, 5) is 14.3. The van der Waals surface area contributed by atoms with Crippen molar-refractivity contribution in [3.05, 3.63) is 95.3 Å². The van der Waals surface area contributed by atoms with Crippen molar-refractivity contribution >= 4 is 23.5 Å². The van der Waals surface area contributed by atoms with Crippen LogP contribution in [0.2, 0.25) is 0 Å². The monoisotopic (exact) mass is 484 g/mol. The van der Waals surface area contributed by atoms with Crippen molar-refractivity contribution in [3.8, 4) is 11.4 Å². The van der Waals surface area contributed by atoms with Gasteiger partial charge >= 0.3 is 0 Å². The fourth-order valence-electron chi connectivity index (χ4n) is 3.94. The van der Waals surface area contributed by atoms with Crippen LogP contribution in [0.3, 0.4) is 0 Å². The molecular weight excluding hydrogens is 452 g/mol. The lowest BCUT2D eigenvalue weighted by Crippen LogP contribution is -1.92. The zero-order valence-corrected chi connectivity index (χ0v) is 22.1. The molecule has 0 unspecified atom stereocenters. The molecule has 0 aliphatic heterocycles. The molecule has 0 N–H and O–H groups in total. The third-order valence-electron chi connectivity index (χ3n) is 6.01. The first kappa shape index (κ1) is 24.6. The molecule has 0 saturated heterocycles. The Morgan fingerprint density at radius 1 is 0.529 bits per heavy atom. The molecular formula is C30H32N2S2. The summed E-state index contributed by atoms with van der Waals surface area (Å²) in [5.41, 5.74) is 7.41. The molecule has 0 aliphatic carbocycles. The second-order valence-electron chi connectivity index (χ2n) is 8.26. The van der Waals surface area contributed by atoms with E-state index in [1.807, 2.05) is 35.9 Å². The number of nitrogens with zero attached hydrogens (tertiary/aromatic N) is 2. The standard InChI is InChI=1S/C30H32N2S2/c1-5-21-9-11-29(23(7-3)17-21)33-25-13-15-31-27(19-25)28-20-26(14-16-32-28)34-30-12-10-22(6-2)18-24(30)8-4/h9-20H,5-8H2,1-4H3. The average Bonchev–Trinajstić information content (AvgIpc) is 2.89. The van der Waals surface area contributed by atoms with Gasteiger partial charge in [0, 0.05) is 32.0 Å². The molecule has 2 aromatic heterocycles. The Morgan fingerprint density at radius 2 is 0.971 bits per heavy atom. The number of aromatic nitrogens is 2. The van der Waals surface area contributed by atoms with Crippen LogP contribution in [0.4, 0.5) is 0 Å². The highest BCUT2D eigenvalue weighted by Crippen LogP contribution is 2.35. The summed E-state index contributed by atoms with van der Waals surface area (Å²) in [5, 5.41) is 0. The van der Waals surface area contributed by atoms with E-state index in [0.29, 0.717) is 0 Å². The molecule has 174 valence electrons. The summed E-state index contributed by atoms with van der Waals surface area (Å²) in [6.45, 7) is 8.87. The predicted molar refractivity (Wildman–Crippen MR) is 146 cm³/mol. The minimum Gasteiger partial charge on any atom is -0.255 e. The van der Waals surface area contributed by atoms with E-state index in [2.05, 4.69) is 98.3 Å². The van der Waals surface area contributed by atoms with E-state index in [9.17, 15) is 0 Å². The highest BCUT2D eigenvalue weighted by molar-refractivity contribution is 7.99. The quantitative estimate of drug-likeness (QED) is 0.237. The van der Waals surface area contributed by atoms with Crippen LogP contribution >= 0.6 is 23.5 Å². The Bertz CT molecular complexity index is 1170. The number of hydrogen-bond donors (Lipinski definition) is 0. The van der Waals surface area contributed by atoms with Crippen molar-refractivity contribution in [3.63, 3.8) is 0 Å². The van der Waals surface area contributed by atoms with E-state index in [1.54, 1.807) is 0 Å². The Kier molecular flexibility index (Phi) is 8.47. The normalized spacial score (nSPS) is 11.1. The highest BCUT2D eigenvalue weighted by atomic mass is 32.2. The van der Waals surface area contributed by atoms with Crippen LogP contribution in [0.5, 0.6) is 0 Å². The fraction of sp³-hybridized carbons (Fsp3) is 0.267. The Balaban J connectivity index is 1.57. The minimum absolute atomic E-state index is 0.910. The number of rotatable bonds is 9. The summed E-state index contributed by atoms with van der Waals surface area (Å²) in [6.07, 6.45) is 8.00. The molecule has 0 radical (unpaired) electrons. The molecule has 2 nitrogen and oxygen atoms in total. The molecule has 2 heterocycles. The van der Waals surface area contributed by atoms with Gasteiger partial charge in [-0.2, -0.15) is 0 Å². The van der Waals surface area contributed by atoms with Gasteiger partial charge in [-0.1, -0.05) is 75.5 Å². The van der Waals surface area contributed by atoms with Crippen molar-refractivity contribution < 1.29 is 0 Å². The molecule has 0 spiro atoms. The molecule has 2 aromatic carbocycles. The first-order valence-electron chi connectivity index (χ1n) is 12.1. The van der Waals surface area contributed by atoms with Gasteiger partial charge in [-0.15, -0.1) is 0 Å². The largest absolute Gasteiger partial charge is 0.255 e. The minimum atomic E-state index is 0.910. The van der Waals surface area contributed by atoms with Crippen molar-refractivity contribution in [2.75, 3.05) is 0 Å². The van der Waals surface area contributed by atoms with Crippen LogP contribution < -0.4 is 0 Å². The van der Waals surface area contributed by atoms with Gasteiger partial charge in [0.1, 0.15) is 0 Å². The van der Waals surface area contributed by atoms with Crippen LogP contribution in [0.1, 0.15) is 49.9 Å². The van der Waals surface area contributed by atoms with Gasteiger partial charge in [0.05, 0.1) is 11.4 Å². The third-order valence-corrected chi connectivity index (χ3v) is 8.22. The van der Waals surface area contributed by atoms with Crippen molar-refractivity contribution in [1.82, 2.24) is 9.97 Å². The SMILES string of the molecule is CCc1ccc(Sc2ccnc(-c3cc(Sc4ccc(CC)cc4CC)ccn3)c2)c(CC)c1. The van der Waals surface area contributed by atoms with Crippen LogP contribution in [-0.2, 0) is 25.7 Å². The molecule has 4 rings (SSSR count). The lowest BCUT2D eigenvalue weighted by Gasteiger charge is -2.11. The van der Waals surface area contributed by atoms with Gasteiger partial charge in [0.25, 0.3) is 0 Å². The van der Waals surface area contributed by atoms with E-state index < -0.39 is 0 Å². The molecule has 0 amide bonds. The van der Waals surface area contributed by atoms with E-state index in [0.717, 1.165) is 37.1 Å². The summed E-state index contributed by atoms with van der Waals surface area (Å²) in [7, 11) is 0. The number of benzene rings is 2. The predicted octanol–water partition coefficient (Wildman–Crippen LogP) is 8.70. The second kappa shape index (κ2) is 11.7. The Morgan fingerprint density at radius 3 is 1.35 bits per heavy atom. The number of pyridine rings is 2. The third kappa shape index (κ3) is 5.92. The summed E-state index contributed by atoms with van der Waals surface area (Å²) >= 11 is 3.62. The first-order valence-corrected chi connectivity index (χ1v) is 13.8. The maximum atomic E-state index is 4.64. The molecule has 4 heteroatoms. The van der Waals surface area contributed by atoms with Gasteiger partial charge in [-0.3, -0.25) is 9.97 Å². The Labute approximate surface area is 212 Å². The molecule has 0 atom stereocenters. The molecule has 34 heavy (non-hydrogen) atoms. The zero-order chi connectivity index (χ0) is 23.9. The van der Waals surface area contributed by atoms with Gasteiger partial charge < -0.3 is 0 Å². The van der Waals surface area contributed by atoms with Crippen LogP contribution in [-0.4, -0.2) is 9.97 Å². The highest BCUT2D eigenvalue weighted by Gasteiger charge is 2.10. The maximum Gasteiger partial charge on any atom is 0.0897 e. The lowest BCUT2D eigenvalue weighted by molar-refractivity contribution is 1.04. The topological polar surface area (TPSA) is 25.8 Å². The van der Waals surface area contributed by atoms with Gasteiger partial charge in [-0.05, 0) is 84.3 Å². The summed E-state index contributed by atoms with van der Waals surface area (Å²) in [6, 6.07) is 22.2. The van der Waals surface area contributed by atoms with Crippen molar-refractivity contribution in [1.29, 1.82) is 0 Å². The van der Waals surface area contributed by atoms with Crippen LogP contribution in [0.15, 0.2) is 92.6 Å². The van der Waals surface area contributed by atoms with E-state index >= 15 is 0 Å². The fourth-order valence-corrected chi connectivity index (χ4v) is 5.99.